The minimum atomic E-state index is 1.31. The lowest BCUT2D eigenvalue weighted by Gasteiger charge is -2.22. The molecule has 0 fully saturated rings. The number of hydrogen-bond acceptors (Lipinski definition) is 0. The van der Waals surface area contributed by atoms with Crippen LogP contribution in [0.5, 0.6) is 0 Å². The van der Waals surface area contributed by atoms with Crippen LogP contribution in [-0.2, 0) is 0 Å². The van der Waals surface area contributed by atoms with Crippen molar-refractivity contribution in [2.24, 2.45) is 0 Å². The van der Waals surface area contributed by atoms with Crippen LogP contribution in [-0.4, -0.2) is 0 Å². The summed E-state index contributed by atoms with van der Waals surface area (Å²) in [5.74, 6) is 0. The van der Waals surface area contributed by atoms with E-state index in [9.17, 15) is 0 Å². The van der Waals surface area contributed by atoms with Crippen molar-refractivity contribution in [1.82, 2.24) is 0 Å². The molecule has 0 nitrogen and oxygen atoms in total. The van der Waals surface area contributed by atoms with E-state index in [1.807, 2.05) is 0 Å². The molecule has 0 aromatic carbocycles. The molecule has 2 bridgehead atoms. The van der Waals surface area contributed by atoms with Crippen LogP contribution in [0.4, 0.5) is 0 Å². The van der Waals surface area contributed by atoms with E-state index in [2.05, 4.69) is 12.2 Å². The molecule has 7 heavy (non-hydrogen) atoms. The monoisotopic (exact) mass is 92.1 g/mol. The maximum Gasteiger partial charge on any atom is -0.00669 e. The quantitative estimate of drug-likeness (QED) is 0.429. The molecule has 0 saturated heterocycles. The first-order valence-electron chi connectivity index (χ1n) is 2.83. The zero-order chi connectivity index (χ0) is 4.69. The van der Waals surface area contributed by atoms with Gasteiger partial charge in [-0.2, -0.15) is 0 Å². The topological polar surface area (TPSA) is 0 Å². The Morgan fingerprint density at radius 1 is 1.43 bits per heavy atom. The fourth-order valence-corrected chi connectivity index (χ4v) is 1.23. The first-order chi connectivity index (χ1) is 3.45. The van der Waals surface area contributed by atoms with Crippen molar-refractivity contribution in [1.29, 1.82) is 0 Å². The Hall–Kier alpha value is -0.520. The standard InChI is InChI=1S/C7H8/c1-2-6-4-7(3-1)5-6/h2,4H,1,3,5H2. The lowest BCUT2D eigenvalue weighted by atomic mass is 9.84. The smallest absolute Gasteiger partial charge is 0.00669 e. The van der Waals surface area contributed by atoms with E-state index < -0.39 is 0 Å². The zero-order valence-electron chi connectivity index (χ0n) is 4.28. The van der Waals surface area contributed by atoms with Gasteiger partial charge in [0.15, 0.2) is 0 Å². The lowest BCUT2D eigenvalue weighted by molar-refractivity contribution is 0.826. The summed E-state index contributed by atoms with van der Waals surface area (Å²) in [7, 11) is 0. The second-order valence-electron chi connectivity index (χ2n) is 2.30. The average Bonchev–Trinajstić information content (AvgIpc) is 1.67. The number of hydrogen-bond donors (Lipinski definition) is 0. The Labute approximate surface area is 43.5 Å². The molecule has 0 aromatic rings. The Bertz CT molecular complexity index is 149. The predicted octanol–water partition coefficient (Wildman–Crippen LogP) is 2.04. The highest BCUT2D eigenvalue weighted by Crippen LogP contribution is 2.33. The van der Waals surface area contributed by atoms with Gasteiger partial charge in [-0.3, -0.25) is 0 Å². The first kappa shape index (κ1) is 3.48. The fraction of sp³-hybridized carbons (Fsp3) is 0.429. The van der Waals surface area contributed by atoms with Crippen molar-refractivity contribution in [3.05, 3.63) is 23.3 Å². The number of allylic oxidation sites excluding steroid dienone is 4. The molecule has 0 aliphatic heterocycles. The van der Waals surface area contributed by atoms with Crippen LogP contribution >= 0.6 is 0 Å². The van der Waals surface area contributed by atoms with Gasteiger partial charge in [-0.25, -0.2) is 0 Å². The van der Waals surface area contributed by atoms with Crippen molar-refractivity contribution in [3.8, 4) is 0 Å². The van der Waals surface area contributed by atoms with Crippen molar-refractivity contribution in [2.75, 3.05) is 0 Å². The summed E-state index contributed by atoms with van der Waals surface area (Å²) in [6, 6.07) is 0. The summed E-state index contributed by atoms with van der Waals surface area (Å²) in [5.41, 5.74) is 3.23. The van der Waals surface area contributed by atoms with Crippen molar-refractivity contribution in [3.63, 3.8) is 0 Å². The summed E-state index contributed by atoms with van der Waals surface area (Å²) in [5, 5.41) is 0. The molecule has 3 aliphatic rings. The molecule has 0 saturated carbocycles. The average molecular weight is 92.1 g/mol. The second-order valence-corrected chi connectivity index (χ2v) is 2.30. The third kappa shape index (κ3) is 0.365. The summed E-state index contributed by atoms with van der Waals surface area (Å²) in [6.45, 7) is 0. The van der Waals surface area contributed by atoms with E-state index in [-0.39, 0.29) is 0 Å². The molecule has 0 spiro atoms. The van der Waals surface area contributed by atoms with Crippen LogP contribution in [0.1, 0.15) is 19.3 Å². The van der Waals surface area contributed by atoms with Crippen LogP contribution in [0.15, 0.2) is 23.3 Å². The van der Waals surface area contributed by atoms with Gasteiger partial charge >= 0.3 is 0 Å². The summed E-state index contributed by atoms with van der Waals surface area (Å²) < 4.78 is 0. The lowest BCUT2D eigenvalue weighted by Crippen LogP contribution is -2.03. The maximum atomic E-state index is 2.34. The predicted molar refractivity (Wildman–Crippen MR) is 30.0 cm³/mol. The fourth-order valence-electron chi connectivity index (χ4n) is 1.23. The maximum absolute atomic E-state index is 2.34. The van der Waals surface area contributed by atoms with Gasteiger partial charge in [0.1, 0.15) is 0 Å². The first-order valence-corrected chi connectivity index (χ1v) is 2.83. The summed E-state index contributed by atoms with van der Waals surface area (Å²) >= 11 is 0. The molecule has 3 aliphatic carbocycles. The van der Waals surface area contributed by atoms with Gasteiger partial charge in [0.05, 0.1) is 0 Å². The van der Waals surface area contributed by atoms with E-state index in [1.54, 1.807) is 11.1 Å². The molecular weight excluding hydrogens is 84.1 g/mol. The normalized spacial score (nSPS) is 25.1. The molecular formula is C7H8. The Balaban J connectivity index is 2.42. The molecule has 0 aromatic heterocycles. The number of fused-ring (bicyclic) bond motifs is 2. The highest BCUT2D eigenvalue weighted by atomic mass is 14.2. The highest BCUT2D eigenvalue weighted by Gasteiger charge is 2.14. The second kappa shape index (κ2) is 1.00. The molecule has 0 unspecified atom stereocenters. The van der Waals surface area contributed by atoms with Gasteiger partial charge < -0.3 is 0 Å². The van der Waals surface area contributed by atoms with Crippen LogP contribution in [0.25, 0.3) is 0 Å². The minimum Gasteiger partial charge on any atom is -0.0807 e. The zero-order valence-corrected chi connectivity index (χ0v) is 4.28. The van der Waals surface area contributed by atoms with Crippen LogP contribution in [0, 0.1) is 0 Å². The summed E-state index contributed by atoms with van der Waals surface area (Å²) in [4.78, 5) is 0. The van der Waals surface area contributed by atoms with Gasteiger partial charge in [-0.1, -0.05) is 17.7 Å². The molecule has 0 N–H and O–H groups in total. The van der Waals surface area contributed by atoms with E-state index in [4.69, 9.17) is 0 Å². The van der Waals surface area contributed by atoms with Crippen molar-refractivity contribution in [2.45, 2.75) is 19.3 Å². The van der Waals surface area contributed by atoms with Gasteiger partial charge in [0.2, 0.25) is 0 Å². The summed E-state index contributed by atoms with van der Waals surface area (Å²) in [6.07, 6.45) is 8.60. The van der Waals surface area contributed by atoms with Gasteiger partial charge in [0.25, 0.3) is 0 Å². The highest BCUT2D eigenvalue weighted by molar-refractivity contribution is 5.41. The Kier molecular flexibility index (Phi) is 0.498. The Morgan fingerprint density at radius 2 is 2.29 bits per heavy atom. The van der Waals surface area contributed by atoms with E-state index in [1.165, 1.54) is 19.3 Å². The largest absolute Gasteiger partial charge is 0.0807 e. The molecule has 0 radical (unpaired) electrons. The molecule has 36 valence electrons. The number of rotatable bonds is 0. The van der Waals surface area contributed by atoms with Crippen molar-refractivity contribution >= 4 is 0 Å². The third-order valence-electron chi connectivity index (χ3n) is 1.69. The third-order valence-corrected chi connectivity index (χ3v) is 1.69. The van der Waals surface area contributed by atoms with E-state index >= 15 is 0 Å². The molecule has 3 rings (SSSR count). The van der Waals surface area contributed by atoms with Gasteiger partial charge in [-0.05, 0) is 24.8 Å². The minimum absolute atomic E-state index is 1.31. The van der Waals surface area contributed by atoms with Crippen LogP contribution in [0.3, 0.4) is 0 Å². The van der Waals surface area contributed by atoms with Gasteiger partial charge in [-0.15, -0.1) is 0 Å². The van der Waals surface area contributed by atoms with E-state index in [0.717, 1.165) is 0 Å². The molecule has 0 heterocycles. The van der Waals surface area contributed by atoms with Crippen molar-refractivity contribution < 1.29 is 0 Å². The van der Waals surface area contributed by atoms with E-state index in [0.29, 0.717) is 0 Å². The molecule has 0 atom stereocenters. The van der Waals surface area contributed by atoms with Crippen LogP contribution in [0.2, 0.25) is 0 Å². The Morgan fingerprint density at radius 3 is 2.43 bits per heavy atom. The van der Waals surface area contributed by atoms with Gasteiger partial charge in [0, 0.05) is 0 Å². The molecule has 0 heteroatoms. The van der Waals surface area contributed by atoms with Crippen LogP contribution < -0.4 is 0 Å². The SMILES string of the molecule is C1=C2C=C(CC1)C2. The molecule has 0 amide bonds.